The Labute approximate surface area is 128 Å². The molecule has 4 aromatic rings. The van der Waals surface area contributed by atoms with Gasteiger partial charge in [0.05, 0.1) is 5.69 Å². The summed E-state index contributed by atoms with van der Waals surface area (Å²) in [6.45, 7) is 0. The summed E-state index contributed by atoms with van der Waals surface area (Å²) in [6.07, 6.45) is -3.18. The monoisotopic (exact) mass is 314 g/mol. The summed E-state index contributed by atoms with van der Waals surface area (Å²) in [5.74, 6) is -1.28. The zero-order valence-electron chi connectivity index (χ0n) is 11.6. The number of nitrogens with zero attached hydrogens (tertiary/aromatic N) is 4. The van der Waals surface area contributed by atoms with Crippen LogP contribution in [0, 0.1) is 0 Å². The minimum Gasteiger partial charge on any atom is -0.220 e. The lowest BCUT2D eigenvalue weighted by atomic mass is 10.0. The molecule has 2 aromatic carbocycles. The van der Waals surface area contributed by atoms with Crippen LogP contribution in [0.2, 0.25) is 0 Å². The first-order valence-electron chi connectivity index (χ1n) is 6.81. The van der Waals surface area contributed by atoms with Crippen molar-refractivity contribution >= 4 is 16.6 Å². The second kappa shape index (κ2) is 4.77. The average Bonchev–Trinajstić information content (AvgIpc) is 2.99. The first-order chi connectivity index (χ1) is 11.0. The van der Waals surface area contributed by atoms with Gasteiger partial charge in [-0.15, -0.1) is 5.10 Å². The Morgan fingerprint density at radius 3 is 2.52 bits per heavy atom. The van der Waals surface area contributed by atoms with Crippen molar-refractivity contribution in [2.75, 3.05) is 0 Å². The van der Waals surface area contributed by atoms with Crippen molar-refractivity contribution in [3.05, 3.63) is 60.6 Å². The van der Waals surface area contributed by atoms with Gasteiger partial charge in [0.15, 0.2) is 0 Å². The van der Waals surface area contributed by atoms with E-state index in [0.29, 0.717) is 5.69 Å². The highest BCUT2D eigenvalue weighted by molar-refractivity contribution is 5.95. The van der Waals surface area contributed by atoms with Crippen LogP contribution in [0.5, 0.6) is 0 Å². The van der Waals surface area contributed by atoms with E-state index in [-0.39, 0.29) is 5.78 Å². The molecule has 4 rings (SSSR count). The van der Waals surface area contributed by atoms with Crippen LogP contribution >= 0.6 is 0 Å². The third kappa shape index (κ3) is 2.21. The van der Waals surface area contributed by atoms with Gasteiger partial charge < -0.3 is 0 Å². The molecule has 0 aliphatic heterocycles. The summed E-state index contributed by atoms with van der Waals surface area (Å²) >= 11 is 0. The molecule has 0 radical (unpaired) electrons. The Bertz CT molecular complexity index is 1020. The smallest absolute Gasteiger partial charge is 0.220 e. The van der Waals surface area contributed by atoms with Crippen LogP contribution in [0.1, 0.15) is 5.82 Å². The first kappa shape index (κ1) is 13.7. The van der Waals surface area contributed by atoms with Crippen LogP contribution < -0.4 is 0 Å². The molecule has 23 heavy (non-hydrogen) atoms. The molecule has 4 nitrogen and oxygen atoms in total. The van der Waals surface area contributed by atoms with Crippen molar-refractivity contribution in [2.45, 2.75) is 6.18 Å². The van der Waals surface area contributed by atoms with Gasteiger partial charge in [-0.25, -0.2) is 4.98 Å². The lowest BCUT2D eigenvalue weighted by Gasteiger charge is -2.07. The lowest BCUT2D eigenvalue weighted by Crippen LogP contribution is -2.07. The Morgan fingerprint density at radius 1 is 0.913 bits per heavy atom. The average molecular weight is 314 g/mol. The van der Waals surface area contributed by atoms with E-state index in [4.69, 9.17) is 0 Å². The molecule has 7 heteroatoms. The fraction of sp³-hybridized carbons (Fsp3) is 0.0625. The van der Waals surface area contributed by atoms with E-state index >= 15 is 0 Å². The van der Waals surface area contributed by atoms with Crippen molar-refractivity contribution in [1.29, 1.82) is 0 Å². The summed E-state index contributed by atoms with van der Waals surface area (Å²) in [4.78, 5) is 7.34. The van der Waals surface area contributed by atoms with Crippen molar-refractivity contribution < 1.29 is 13.2 Å². The highest BCUT2D eigenvalue weighted by atomic mass is 19.4. The standard InChI is InChI=1S/C16H9F3N4/c17-16(18,19)14-21-15-20-9-8-13(23(15)22-14)12-7-3-5-10-4-1-2-6-11(10)12/h1-9H. The third-order valence-electron chi connectivity index (χ3n) is 3.56. The van der Waals surface area contributed by atoms with Gasteiger partial charge >= 0.3 is 6.18 Å². The number of hydrogen-bond donors (Lipinski definition) is 0. The minimum atomic E-state index is -4.61. The van der Waals surface area contributed by atoms with E-state index in [0.717, 1.165) is 20.9 Å². The Hall–Kier alpha value is -2.96. The van der Waals surface area contributed by atoms with Crippen molar-refractivity contribution in [1.82, 2.24) is 19.6 Å². The molecule has 0 aliphatic carbocycles. The van der Waals surface area contributed by atoms with Gasteiger partial charge in [-0.3, -0.25) is 0 Å². The molecule has 114 valence electrons. The summed E-state index contributed by atoms with van der Waals surface area (Å²) in [5, 5.41) is 5.50. The molecule has 2 aromatic heterocycles. The lowest BCUT2D eigenvalue weighted by molar-refractivity contribution is -0.144. The van der Waals surface area contributed by atoms with Crippen LogP contribution in [0.25, 0.3) is 27.8 Å². The number of hydrogen-bond acceptors (Lipinski definition) is 3. The number of benzene rings is 2. The topological polar surface area (TPSA) is 43.1 Å². The largest absolute Gasteiger partial charge is 0.453 e. The molecular weight excluding hydrogens is 305 g/mol. The molecule has 0 fully saturated rings. The maximum absolute atomic E-state index is 12.8. The molecular formula is C16H9F3N4. The summed E-state index contributed by atoms with van der Waals surface area (Å²) < 4.78 is 39.7. The second-order valence-corrected chi connectivity index (χ2v) is 5.00. The minimum absolute atomic E-state index is 0.0808. The van der Waals surface area contributed by atoms with Crippen LogP contribution in [-0.2, 0) is 6.18 Å². The number of alkyl halides is 3. The number of halogens is 3. The molecule has 0 amide bonds. The number of aromatic nitrogens is 4. The number of rotatable bonds is 1. The van der Waals surface area contributed by atoms with Crippen molar-refractivity contribution in [3.8, 4) is 11.3 Å². The zero-order chi connectivity index (χ0) is 16.0. The second-order valence-electron chi connectivity index (χ2n) is 5.00. The van der Waals surface area contributed by atoms with Gasteiger partial charge in [0.1, 0.15) is 0 Å². The normalized spacial score (nSPS) is 12.1. The third-order valence-corrected chi connectivity index (χ3v) is 3.56. The van der Waals surface area contributed by atoms with E-state index in [1.807, 2.05) is 42.5 Å². The van der Waals surface area contributed by atoms with E-state index in [1.165, 1.54) is 6.20 Å². The summed E-state index contributed by atoms with van der Waals surface area (Å²) in [6, 6.07) is 14.9. The summed E-state index contributed by atoms with van der Waals surface area (Å²) in [5.41, 5.74) is 1.28. The highest BCUT2D eigenvalue weighted by Crippen LogP contribution is 2.30. The van der Waals surface area contributed by atoms with E-state index in [9.17, 15) is 13.2 Å². The summed E-state index contributed by atoms with van der Waals surface area (Å²) in [7, 11) is 0. The van der Waals surface area contributed by atoms with Crippen LogP contribution in [0.3, 0.4) is 0 Å². The van der Waals surface area contributed by atoms with Gasteiger partial charge in [-0.05, 0) is 16.8 Å². The van der Waals surface area contributed by atoms with Crippen molar-refractivity contribution in [3.63, 3.8) is 0 Å². The predicted octanol–water partition coefficient (Wildman–Crippen LogP) is 3.96. The molecule has 0 bridgehead atoms. The molecule has 0 aliphatic rings. The van der Waals surface area contributed by atoms with Gasteiger partial charge in [-0.2, -0.15) is 22.7 Å². The molecule has 0 spiro atoms. The van der Waals surface area contributed by atoms with E-state index in [2.05, 4.69) is 15.1 Å². The first-order valence-corrected chi connectivity index (χ1v) is 6.81. The fourth-order valence-corrected chi connectivity index (χ4v) is 2.57. The Balaban J connectivity index is 2.03. The quantitative estimate of drug-likeness (QED) is 0.534. The predicted molar refractivity (Wildman–Crippen MR) is 78.7 cm³/mol. The van der Waals surface area contributed by atoms with Crippen LogP contribution in [0.15, 0.2) is 54.7 Å². The Kier molecular flexibility index (Phi) is 2.84. The van der Waals surface area contributed by atoms with Crippen molar-refractivity contribution in [2.24, 2.45) is 0 Å². The molecule has 0 atom stereocenters. The maximum atomic E-state index is 12.8. The van der Waals surface area contributed by atoms with Gasteiger partial charge in [0.25, 0.3) is 11.6 Å². The molecule has 0 saturated heterocycles. The SMILES string of the molecule is FC(F)(F)c1nc2nccc(-c3cccc4ccccc34)n2n1. The van der Waals surface area contributed by atoms with Gasteiger partial charge in [0.2, 0.25) is 0 Å². The van der Waals surface area contributed by atoms with Gasteiger partial charge in [0, 0.05) is 11.8 Å². The molecule has 0 saturated carbocycles. The van der Waals surface area contributed by atoms with Gasteiger partial charge in [-0.1, -0.05) is 42.5 Å². The fourth-order valence-electron chi connectivity index (χ4n) is 2.57. The van der Waals surface area contributed by atoms with E-state index < -0.39 is 12.0 Å². The zero-order valence-corrected chi connectivity index (χ0v) is 11.6. The molecule has 0 N–H and O–H groups in total. The van der Waals surface area contributed by atoms with Crippen LogP contribution in [-0.4, -0.2) is 19.6 Å². The number of fused-ring (bicyclic) bond motifs is 2. The van der Waals surface area contributed by atoms with E-state index in [1.54, 1.807) is 6.07 Å². The highest BCUT2D eigenvalue weighted by Gasteiger charge is 2.36. The Morgan fingerprint density at radius 2 is 1.70 bits per heavy atom. The maximum Gasteiger partial charge on any atom is 0.453 e. The van der Waals surface area contributed by atoms with Crippen LogP contribution in [0.4, 0.5) is 13.2 Å². The molecule has 2 heterocycles. The molecule has 0 unspecified atom stereocenters.